The van der Waals surface area contributed by atoms with E-state index in [4.69, 9.17) is 0 Å². The average Bonchev–Trinajstić information content (AvgIpc) is 2.43. The lowest BCUT2D eigenvalue weighted by atomic mass is 9.78. The van der Waals surface area contributed by atoms with Gasteiger partial charge in [-0.1, -0.05) is 45.0 Å². The van der Waals surface area contributed by atoms with E-state index in [-0.39, 0.29) is 11.5 Å². The normalized spacial score (nSPS) is 33.4. The number of piperidine rings is 3. The van der Waals surface area contributed by atoms with Crippen LogP contribution >= 0.6 is 0 Å². The molecule has 4 rings (SSSR count). The standard InChI is InChI=1S/C18H27NO/c1-18(2,3)15-6-4-13(5-7-15)12-16-17(20)14-8-10-19(16)11-9-14/h4-7,14,16-17,20H,8-12H2,1-3H3. The van der Waals surface area contributed by atoms with Crippen molar-refractivity contribution in [2.75, 3.05) is 13.1 Å². The van der Waals surface area contributed by atoms with Gasteiger partial charge in [0, 0.05) is 6.04 Å². The van der Waals surface area contributed by atoms with Gasteiger partial charge in [0.1, 0.15) is 0 Å². The number of benzene rings is 1. The first-order valence-electron chi connectivity index (χ1n) is 7.97. The van der Waals surface area contributed by atoms with Gasteiger partial charge < -0.3 is 5.11 Å². The molecule has 3 heterocycles. The lowest BCUT2D eigenvalue weighted by molar-refractivity contribution is -0.0715. The maximum absolute atomic E-state index is 10.5. The summed E-state index contributed by atoms with van der Waals surface area (Å²) in [6.45, 7) is 9.09. The molecule has 0 radical (unpaired) electrons. The van der Waals surface area contributed by atoms with Gasteiger partial charge in [0.15, 0.2) is 0 Å². The molecule has 3 saturated heterocycles. The number of hydrogen-bond acceptors (Lipinski definition) is 2. The molecule has 0 amide bonds. The maximum Gasteiger partial charge on any atom is 0.0727 e. The van der Waals surface area contributed by atoms with E-state index in [0.29, 0.717) is 12.0 Å². The van der Waals surface area contributed by atoms with Crippen LogP contribution in [0.15, 0.2) is 24.3 Å². The van der Waals surface area contributed by atoms with Crippen molar-refractivity contribution in [2.45, 2.75) is 57.6 Å². The lowest BCUT2D eigenvalue weighted by Crippen LogP contribution is -2.58. The molecule has 3 aliphatic rings. The first-order valence-corrected chi connectivity index (χ1v) is 7.97. The van der Waals surface area contributed by atoms with Crippen LogP contribution in [0.1, 0.15) is 44.7 Å². The van der Waals surface area contributed by atoms with Gasteiger partial charge in [-0.2, -0.15) is 0 Å². The van der Waals surface area contributed by atoms with E-state index in [1.54, 1.807) is 0 Å². The highest BCUT2D eigenvalue weighted by Gasteiger charge is 2.40. The minimum absolute atomic E-state index is 0.125. The van der Waals surface area contributed by atoms with Crippen LogP contribution in [-0.4, -0.2) is 35.2 Å². The Morgan fingerprint density at radius 2 is 1.70 bits per heavy atom. The topological polar surface area (TPSA) is 23.5 Å². The monoisotopic (exact) mass is 273 g/mol. The highest BCUT2D eigenvalue weighted by atomic mass is 16.3. The summed E-state index contributed by atoms with van der Waals surface area (Å²) in [5.74, 6) is 0.541. The Balaban J connectivity index is 1.72. The summed E-state index contributed by atoms with van der Waals surface area (Å²) in [4.78, 5) is 2.49. The Kier molecular flexibility index (Phi) is 3.64. The van der Waals surface area contributed by atoms with Crippen LogP contribution in [0, 0.1) is 5.92 Å². The largest absolute Gasteiger partial charge is 0.391 e. The van der Waals surface area contributed by atoms with Crippen molar-refractivity contribution in [3.8, 4) is 0 Å². The summed E-state index contributed by atoms with van der Waals surface area (Å²) in [5.41, 5.74) is 2.95. The highest BCUT2D eigenvalue weighted by molar-refractivity contribution is 5.28. The van der Waals surface area contributed by atoms with E-state index in [0.717, 1.165) is 6.42 Å². The number of aliphatic hydroxyl groups is 1. The molecular weight excluding hydrogens is 246 g/mol. The Bertz CT molecular complexity index is 449. The predicted molar refractivity (Wildman–Crippen MR) is 82.9 cm³/mol. The zero-order valence-corrected chi connectivity index (χ0v) is 13.0. The fraction of sp³-hybridized carbons (Fsp3) is 0.667. The first-order chi connectivity index (χ1) is 9.45. The molecule has 3 aliphatic heterocycles. The molecule has 3 fully saturated rings. The molecule has 20 heavy (non-hydrogen) atoms. The number of fused-ring (bicyclic) bond motifs is 3. The summed E-state index contributed by atoms with van der Waals surface area (Å²) in [6.07, 6.45) is 3.23. The molecule has 2 unspecified atom stereocenters. The summed E-state index contributed by atoms with van der Waals surface area (Å²) in [5, 5.41) is 10.5. The second-order valence-electron chi connectivity index (χ2n) is 7.58. The molecule has 1 aromatic rings. The molecule has 2 nitrogen and oxygen atoms in total. The van der Waals surface area contributed by atoms with Gasteiger partial charge in [-0.05, 0) is 54.8 Å². The van der Waals surface area contributed by atoms with E-state index in [9.17, 15) is 5.11 Å². The molecule has 2 heteroatoms. The number of rotatable bonds is 2. The third-order valence-electron chi connectivity index (χ3n) is 5.19. The van der Waals surface area contributed by atoms with Gasteiger partial charge in [0.2, 0.25) is 0 Å². The van der Waals surface area contributed by atoms with Crippen LogP contribution in [0.3, 0.4) is 0 Å². The van der Waals surface area contributed by atoms with E-state index >= 15 is 0 Å². The first kappa shape index (κ1) is 14.1. The van der Waals surface area contributed by atoms with Crippen LogP contribution in [0.25, 0.3) is 0 Å². The van der Waals surface area contributed by atoms with Crippen molar-refractivity contribution in [2.24, 2.45) is 5.92 Å². The zero-order valence-electron chi connectivity index (χ0n) is 13.0. The molecule has 2 atom stereocenters. The quantitative estimate of drug-likeness (QED) is 0.895. The van der Waals surface area contributed by atoms with Crippen molar-refractivity contribution in [1.29, 1.82) is 0 Å². The number of nitrogens with zero attached hydrogens (tertiary/aromatic N) is 1. The Morgan fingerprint density at radius 1 is 1.10 bits per heavy atom. The smallest absolute Gasteiger partial charge is 0.0727 e. The van der Waals surface area contributed by atoms with E-state index in [2.05, 4.69) is 49.9 Å². The molecule has 1 aromatic carbocycles. The molecule has 110 valence electrons. The van der Waals surface area contributed by atoms with Crippen molar-refractivity contribution >= 4 is 0 Å². The van der Waals surface area contributed by atoms with Crippen LogP contribution in [0.5, 0.6) is 0 Å². The minimum Gasteiger partial charge on any atom is -0.391 e. The van der Waals surface area contributed by atoms with Gasteiger partial charge in [-0.3, -0.25) is 4.90 Å². The van der Waals surface area contributed by atoms with E-state index < -0.39 is 0 Å². The molecule has 1 N–H and O–H groups in total. The minimum atomic E-state index is -0.125. The van der Waals surface area contributed by atoms with Crippen molar-refractivity contribution in [3.63, 3.8) is 0 Å². The van der Waals surface area contributed by atoms with Crippen LogP contribution in [0.4, 0.5) is 0 Å². The molecule has 2 bridgehead atoms. The average molecular weight is 273 g/mol. The Hall–Kier alpha value is -0.860. The fourth-order valence-corrected chi connectivity index (χ4v) is 3.75. The number of aliphatic hydroxyl groups excluding tert-OH is 1. The van der Waals surface area contributed by atoms with E-state index in [1.165, 1.54) is 37.1 Å². The second-order valence-corrected chi connectivity index (χ2v) is 7.58. The summed E-state index contributed by atoms with van der Waals surface area (Å²) in [6, 6.07) is 9.33. The molecule has 0 aliphatic carbocycles. The van der Waals surface area contributed by atoms with Crippen molar-refractivity contribution in [3.05, 3.63) is 35.4 Å². The van der Waals surface area contributed by atoms with E-state index in [1.807, 2.05) is 0 Å². The third kappa shape index (κ3) is 2.64. The highest BCUT2D eigenvalue weighted by Crippen LogP contribution is 2.34. The summed E-state index contributed by atoms with van der Waals surface area (Å²) in [7, 11) is 0. The zero-order chi connectivity index (χ0) is 14.3. The van der Waals surface area contributed by atoms with Crippen molar-refractivity contribution in [1.82, 2.24) is 4.90 Å². The molecule has 0 saturated carbocycles. The fourth-order valence-electron chi connectivity index (χ4n) is 3.75. The molecular formula is C18H27NO. The number of hydrogen-bond donors (Lipinski definition) is 1. The van der Waals surface area contributed by atoms with Gasteiger partial charge in [-0.25, -0.2) is 0 Å². The third-order valence-corrected chi connectivity index (χ3v) is 5.19. The summed E-state index contributed by atoms with van der Waals surface area (Å²) >= 11 is 0. The SMILES string of the molecule is CC(C)(C)c1ccc(CC2C(O)C3CCN2CC3)cc1. The second kappa shape index (κ2) is 5.16. The van der Waals surface area contributed by atoms with Gasteiger partial charge in [-0.15, -0.1) is 0 Å². The van der Waals surface area contributed by atoms with Crippen molar-refractivity contribution < 1.29 is 5.11 Å². The predicted octanol–water partition coefficient (Wildman–Crippen LogP) is 2.98. The van der Waals surface area contributed by atoms with Crippen LogP contribution in [0.2, 0.25) is 0 Å². The lowest BCUT2D eigenvalue weighted by Gasteiger charge is -2.49. The van der Waals surface area contributed by atoms with Crippen LogP contribution in [-0.2, 0) is 11.8 Å². The maximum atomic E-state index is 10.5. The van der Waals surface area contributed by atoms with Crippen LogP contribution < -0.4 is 0 Å². The van der Waals surface area contributed by atoms with Gasteiger partial charge >= 0.3 is 0 Å². The Morgan fingerprint density at radius 3 is 2.20 bits per heavy atom. The molecule has 0 aromatic heterocycles. The molecule has 0 spiro atoms. The Labute approximate surface area is 122 Å². The van der Waals surface area contributed by atoms with Gasteiger partial charge in [0.25, 0.3) is 0 Å². The summed E-state index contributed by atoms with van der Waals surface area (Å²) < 4.78 is 0. The van der Waals surface area contributed by atoms with Gasteiger partial charge in [0.05, 0.1) is 6.10 Å².